The number of nitrogens with two attached hydrogens (primary N) is 1. The third kappa shape index (κ3) is 3.79. The van der Waals surface area contributed by atoms with Gasteiger partial charge in [0.05, 0.1) is 18.2 Å². The van der Waals surface area contributed by atoms with Crippen LogP contribution in [0.1, 0.15) is 24.3 Å². The summed E-state index contributed by atoms with van der Waals surface area (Å²) >= 11 is 6.08. The van der Waals surface area contributed by atoms with Crippen LogP contribution in [-0.4, -0.2) is 19.1 Å². The van der Waals surface area contributed by atoms with Gasteiger partial charge in [-0.05, 0) is 54.7 Å². The minimum atomic E-state index is -0.209. The van der Waals surface area contributed by atoms with Gasteiger partial charge in [0.2, 0.25) is 0 Å². The topological polar surface area (TPSA) is 59.6 Å². The Labute approximate surface area is 145 Å². The quantitative estimate of drug-likeness (QED) is 0.645. The number of ether oxygens (including phenoxy) is 1. The van der Waals surface area contributed by atoms with E-state index in [1.54, 1.807) is 19.2 Å². The van der Waals surface area contributed by atoms with Crippen molar-refractivity contribution in [2.24, 2.45) is 10.7 Å². The summed E-state index contributed by atoms with van der Waals surface area (Å²) in [5.74, 6) is 1.18. The van der Waals surface area contributed by atoms with E-state index in [1.165, 1.54) is 12.1 Å². The maximum Gasteiger partial charge on any atom is 0.193 e. The van der Waals surface area contributed by atoms with Crippen LogP contribution < -0.4 is 15.8 Å². The van der Waals surface area contributed by atoms with Crippen LogP contribution in [0.3, 0.4) is 0 Å². The van der Waals surface area contributed by atoms with Crippen molar-refractivity contribution in [3.63, 3.8) is 0 Å². The van der Waals surface area contributed by atoms with Crippen molar-refractivity contribution >= 4 is 23.2 Å². The molecule has 0 bridgehead atoms. The Balaban J connectivity index is 1.56. The van der Waals surface area contributed by atoms with Crippen LogP contribution in [0.25, 0.3) is 0 Å². The molecule has 0 aliphatic heterocycles. The standard InChI is InChI=1S/C18H19ClFN3O/c1-24-17-7-6-14(10-16(17)19)22-18(21)23-15-8-12(9-15)11-2-4-13(20)5-3-11/h2-7,10,12,15H,8-9H2,1H3,(H3,21,22,23). The number of hydrogen-bond acceptors (Lipinski definition) is 2. The third-order valence-electron chi connectivity index (χ3n) is 4.20. The zero-order valence-corrected chi connectivity index (χ0v) is 14.1. The Hall–Kier alpha value is -2.27. The van der Waals surface area contributed by atoms with Crippen molar-refractivity contribution in [2.75, 3.05) is 12.4 Å². The summed E-state index contributed by atoms with van der Waals surface area (Å²) in [4.78, 5) is 4.48. The predicted octanol–water partition coefficient (Wildman–Crippen LogP) is 4.16. The van der Waals surface area contributed by atoms with Crippen LogP contribution >= 0.6 is 11.6 Å². The van der Waals surface area contributed by atoms with Crippen LogP contribution in [0.15, 0.2) is 47.5 Å². The van der Waals surface area contributed by atoms with Gasteiger partial charge in [0.15, 0.2) is 5.96 Å². The molecule has 2 aromatic carbocycles. The number of methoxy groups -OCH3 is 1. The van der Waals surface area contributed by atoms with Gasteiger partial charge in [-0.2, -0.15) is 0 Å². The van der Waals surface area contributed by atoms with E-state index in [1.807, 2.05) is 18.2 Å². The lowest BCUT2D eigenvalue weighted by atomic mass is 9.76. The van der Waals surface area contributed by atoms with E-state index < -0.39 is 0 Å². The maximum absolute atomic E-state index is 12.9. The second-order valence-electron chi connectivity index (χ2n) is 5.86. The van der Waals surface area contributed by atoms with Crippen molar-refractivity contribution < 1.29 is 9.13 Å². The molecule has 126 valence electrons. The molecule has 3 N–H and O–H groups in total. The summed E-state index contributed by atoms with van der Waals surface area (Å²) in [5, 5.41) is 3.54. The first-order valence-corrected chi connectivity index (χ1v) is 8.12. The molecule has 2 aromatic rings. The molecular formula is C18H19ClFN3O. The molecule has 1 aliphatic rings. The van der Waals surface area contributed by atoms with Gasteiger partial charge in [-0.25, -0.2) is 9.38 Å². The van der Waals surface area contributed by atoms with Crippen molar-refractivity contribution in [3.8, 4) is 5.75 Å². The average molecular weight is 348 g/mol. The van der Waals surface area contributed by atoms with E-state index in [-0.39, 0.29) is 11.9 Å². The van der Waals surface area contributed by atoms with Crippen molar-refractivity contribution in [1.82, 2.24) is 0 Å². The Bertz CT molecular complexity index is 742. The fourth-order valence-electron chi connectivity index (χ4n) is 2.82. The van der Waals surface area contributed by atoms with Gasteiger partial charge < -0.3 is 15.8 Å². The smallest absolute Gasteiger partial charge is 0.193 e. The summed E-state index contributed by atoms with van der Waals surface area (Å²) in [7, 11) is 1.57. The van der Waals surface area contributed by atoms with Gasteiger partial charge in [-0.3, -0.25) is 0 Å². The van der Waals surface area contributed by atoms with Crippen LogP contribution in [-0.2, 0) is 0 Å². The highest BCUT2D eigenvalue weighted by molar-refractivity contribution is 6.32. The summed E-state index contributed by atoms with van der Waals surface area (Å²) in [6.07, 6.45) is 1.83. The molecule has 1 aliphatic carbocycles. The summed E-state index contributed by atoms with van der Waals surface area (Å²) in [6, 6.07) is 12.2. The molecule has 0 saturated heterocycles. The van der Waals surface area contributed by atoms with Gasteiger partial charge in [0, 0.05) is 5.69 Å². The molecule has 0 radical (unpaired) electrons. The molecule has 0 spiro atoms. The molecule has 3 rings (SSSR count). The van der Waals surface area contributed by atoms with Gasteiger partial charge in [0.25, 0.3) is 0 Å². The molecule has 1 fully saturated rings. The van der Waals surface area contributed by atoms with Crippen molar-refractivity contribution in [2.45, 2.75) is 24.8 Å². The first-order chi connectivity index (χ1) is 11.5. The number of nitrogens with zero attached hydrogens (tertiary/aromatic N) is 1. The van der Waals surface area contributed by atoms with Crippen molar-refractivity contribution in [1.29, 1.82) is 0 Å². The number of guanidine groups is 1. The van der Waals surface area contributed by atoms with Crippen molar-refractivity contribution in [3.05, 3.63) is 58.9 Å². The van der Waals surface area contributed by atoms with E-state index in [0.29, 0.717) is 22.6 Å². The number of hydrogen-bond donors (Lipinski definition) is 2. The molecule has 24 heavy (non-hydrogen) atoms. The SMILES string of the molecule is COc1ccc(NC(N)=NC2CC(c3ccc(F)cc3)C2)cc1Cl. The van der Waals surface area contributed by atoms with E-state index in [9.17, 15) is 4.39 Å². The summed E-state index contributed by atoms with van der Waals surface area (Å²) in [5.41, 5.74) is 7.87. The summed E-state index contributed by atoms with van der Waals surface area (Å²) < 4.78 is 18.1. The molecule has 0 heterocycles. The number of nitrogens with one attached hydrogen (secondary N) is 1. The average Bonchev–Trinajstić information content (AvgIpc) is 2.52. The Morgan fingerprint density at radius 3 is 2.58 bits per heavy atom. The van der Waals surface area contributed by atoms with E-state index in [4.69, 9.17) is 22.1 Å². The Morgan fingerprint density at radius 1 is 1.25 bits per heavy atom. The first kappa shape index (κ1) is 16.6. The van der Waals surface area contributed by atoms with Gasteiger partial charge in [0.1, 0.15) is 11.6 Å². The highest BCUT2D eigenvalue weighted by Gasteiger charge is 2.30. The zero-order valence-electron chi connectivity index (χ0n) is 13.3. The van der Waals surface area contributed by atoms with Crippen LogP contribution in [0.5, 0.6) is 5.75 Å². The van der Waals surface area contributed by atoms with Gasteiger partial charge in [-0.15, -0.1) is 0 Å². The molecule has 6 heteroatoms. The lowest BCUT2D eigenvalue weighted by Gasteiger charge is -2.33. The second kappa shape index (κ2) is 7.09. The Kier molecular flexibility index (Phi) is 4.90. The molecule has 0 unspecified atom stereocenters. The van der Waals surface area contributed by atoms with Gasteiger partial charge in [-0.1, -0.05) is 23.7 Å². The lowest BCUT2D eigenvalue weighted by Crippen LogP contribution is -2.31. The molecular weight excluding hydrogens is 329 g/mol. The van der Waals surface area contributed by atoms with Gasteiger partial charge >= 0.3 is 0 Å². The number of halogens is 2. The number of benzene rings is 2. The Morgan fingerprint density at radius 2 is 1.96 bits per heavy atom. The minimum absolute atomic E-state index is 0.182. The molecule has 0 amide bonds. The normalized spacial score (nSPS) is 20.4. The molecule has 4 nitrogen and oxygen atoms in total. The van der Waals surface area contributed by atoms with Crippen LogP contribution in [0.2, 0.25) is 5.02 Å². The second-order valence-corrected chi connectivity index (χ2v) is 6.27. The monoisotopic (exact) mass is 347 g/mol. The minimum Gasteiger partial charge on any atom is -0.495 e. The van der Waals surface area contributed by atoms with E-state index in [2.05, 4.69) is 10.3 Å². The lowest BCUT2D eigenvalue weighted by molar-refractivity contribution is 0.353. The zero-order chi connectivity index (χ0) is 17.1. The number of anilines is 1. The highest BCUT2D eigenvalue weighted by atomic mass is 35.5. The van der Waals surface area contributed by atoms with Crippen LogP contribution in [0, 0.1) is 5.82 Å². The third-order valence-corrected chi connectivity index (χ3v) is 4.50. The maximum atomic E-state index is 12.9. The largest absolute Gasteiger partial charge is 0.495 e. The highest BCUT2D eigenvalue weighted by Crippen LogP contribution is 2.38. The number of rotatable bonds is 4. The fourth-order valence-corrected chi connectivity index (χ4v) is 3.08. The first-order valence-electron chi connectivity index (χ1n) is 7.74. The molecule has 0 aromatic heterocycles. The fraction of sp³-hybridized carbons (Fsp3) is 0.278. The van der Waals surface area contributed by atoms with Crippen LogP contribution in [0.4, 0.5) is 10.1 Å². The molecule has 1 saturated carbocycles. The molecule has 0 atom stereocenters. The summed E-state index contributed by atoms with van der Waals surface area (Å²) in [6.45, 7) is 0. The predicted molar refractivity (Wildman–Crippen MR) is 95.4 cm³/mol. The van der Waals surface area contributed by atoms with E-state index in [0.717, 1.165) is 24.1 Å². The number of aliphatic imine (C=N–C) groups is 1. The van der Waals surface area contributed by atoms with E-state index >= 15 is 0 Å².